The molecule has 0 spiro atoms. The first-order valence-corrected chi connectivity index (χ1v) is 10.3. The molecule has 5 nitrogen and oxygen atoms in total. The van der Waals surface area contributed by atoms with E-state index in [0.717, 1.165) is 52.7 Å². The van der Waals surface area contributed by atoms with E-state index in [1.165, 1.54) is 12.1 Å². The minimum atomic E-state index is -0.277. The van der Waals surface area contributed by atoms with E-state index in [0.29, 0.717) is 13.2 Å². The molecule has 6 heteroatoms. The smallest absolute Gasteiger partial charge is 0.138 e. The number of aromatic amines is 1. The van der Waals surface area contributed by atoms with Gasteiger partial charge in [-0.2, -0.15) is 0 Å². The Morgan fingerprint density at radius 3 is 2.23 bits per heavy atom. The van der Waals surface area contributed by atoms with Crippen LogP contribution >= 0.6 is 0 Å². The van der Waals surface area contributed by atoms with Crippen molar-refractivity contribution < 1.29 is 13.9 Å². The Morgan fingerprint density at radius 1 is 0.806 bits per heavy atom. The second kappa shape index (κ2) is 10.00. The van der Waals surface area contributed by atoms with Gasteiger partial charge < -0.3 is 14.5 Å². The molecule has 2 heterocycles. The molecule has 0 aliphatic rings. The highest BCUT2D eigenvalue weighted by molar-refractivity contribution is 5.81. The number of pyridine rings is 1. The van der Waals surface area contributed by atoms with E-state index in [1.807, 2.05) is 36.4 Å². The van der Waals surface area contributed by atoms with Gasteiger partial charge in [0, 0.05) is 35.7 Å². The first kappa shape index (κ1) is 20.8. The van der Waals surface area contributed by atoms with E-state index in [1.54, 1.807) is 24.5 Å². The fourth-order valence-corrected chi connectivity index (χ4v) is 3.23. The summed E-state index contributed by atoms with van der Waals surface area (Å²) in [4.78, 5) is 12.3. The normalized spacial score (nSPS) is 10.9. The third kappa shape index (κ3) is 5.16. The molecule has 0 saturated carbocycles. The van der Waals surface area contributed by atoms with Crippen molar-refractivity contribution in [1.82, 2.24) is 15.0 Å². The number of nitrogens with one attached hydrogen (secondary N) is 1. The summed E-state index contributed by atoms with van der Waals surface area (Å²) >= 11 is 0. The predicted molar refractivity (Wildman–Crippen MR) is 119 cm³/mol. The minimum Gasteiger partial charge on any atom is -0.491 e. The van der Waals surface area contributed by atoms with Crippen molar-refractivity contribution >= 4 is 0 Å². The van der Waals surface area contributed by atoms with Gasteiger partial charge in [0.05, 0.1) is 18.0 Å². The molecule has 0 unspecified atom stereocenters. The predicted octanol–water partition coefficient (Wildman–Crippen LogP) is 5.75. The lowest BCUT2D eigenvalue weighted by Crippen LogP contribution is -2.06. The molecule has 0 atom stereocenters. The van der Waals surface area contributed by atoms with Crippen LogP contribution < -0.4 is 4.74 Å². The maximum atomic E-state index is 13.4. The highest BCUT2D eigenvalue weighted by Gasteiger charge is 2.15. The average Bonchev–Trinajstić information content (AvgIpc) is 3.26. The van der Waals surface area contributed by atoms with Crippen molar-refractivity contribution in [3.8, 4) is 39.7 Å². The molecule has 31 heavy (non-hydrogen) atoms. The quantitative estimate of drug-likeness (QED) is 0.352. The van der Waals surface area contributed by atoms with Crippen molar-refractivity contribution in [2.75, 3.05) is 19.8 Å². The summed E-state index contributed by atoms with van der Waals surface area (Å²) in [6.45, 7) is 3.91. The highest BCUT2D eigenvalue weighted by Crippen LogP contribution is 2.33. The molecule has 0 aliphatic carbocycles. The Morgan fingerprint density at radius 2 is 1.52 bits per heavy atom. The number of hydrogen-bond acceptors (Lipinski definition) is 4. The fraction of sp³-hybridized carbons (Fsp3) is 0.200. The third-order valence-electron chi connectivity index (χ3n) is 4.76. The van der Waals surface area contributed by atoms with Crippen molar-refractivity contribution in [1.29, 1.82) is 0 Å². The number of aromatic nitrogens is 3. The Labute approximate surface area is 180 Å². The molecule has 1 N–H and O–H groups in total. The summed E-state index contributed by atoms with van der Waals surface area (Å²) in [6.07, 6.45) is 4.47. The Kier molecular flexibility index (Phi) is 6.69. The van der Waals surface area contributed by atoms with Crippen LogP contribution in [0.1, 0.15) is 13.3 Å². The lowest BCUT2D eigenvalue weighted by Gasteiger charge is -2.07. The summed E-state index contributed by atoms with van der Waals surface area (Å²) in [5, 5.41) is 0. The van der Waals surface area contributed by atoms with Crippen LogP contribution in [-0.4, -0.2) is 34.8 Å². The van der Waals surface area contributed by atoms with Crippen molar-refractivity contribution in [3.63, 3.8) is 0 Å². The van der Waals surface area contributed by atoms with Gasteiger partial charge in [0.2, 0.25) is 0 Å². The number of hydrogen-bond donors (Lipinski definition) is 1. The van der Waals surface area contributed by atoms with Gasteiger partial charge in [-0.3, -0.25) is 4.98 Å². The molecule has 0 aliphatic heterocycles. The molecule has 0 radical (unpaired) electrons. The molecule has 0 bridgehead atoms. The monoisotopic (exact) mass is 417 g/mol. The van der Waals surface area contributed by atoms with Crippen LogP contribution in [0.2, 0.25) is 0 Å². The number of H-pyrrole nitrogens is 1. The molecular formula is C25H24FN3O2. The molecule has 4 aromatic rings. The number of ether oxygens (including phenoxy) is 2. The maximum Gasteiger partial charge on any atom is 0.138 e. The van der Waals surface area contributed by atoms with E-state index in [-0.39, 0.29) is 5.82 Å². The van der Waals surface area contributed by atoms with E-state index >= 15 is 0 Å². The molecular weight excluding hydrogens is 393 g/mol. The SMILES string of the molecule is CCCOCCOc1ccc(-c2nc(-c3ccc(F)cc3)c(-c3ccncc3)[nH]2)cc1. The minimum absolute atomic E-state index is 0.277. The van der Waals surface area contributed by atoms with E-state index < -0.39 is 0 Å². The van der Waals surface area contributed by atoms with E-state index in [9.17, 15) is 4.39 Å². The number of benzene rings is 2. The number of imidazole rings is 1. The van der Waals surface area contributed by atoms with Crippen molar-refractivity contribution in [3.05, 3.63) is 78.9 Å². The lowest BCUT2D eigenvalue weighted by atomic mass is 10.1. The van der Waals surface area contributed by atoms with Gasteiger partial charge in [-0.1, -0.05) is 6.92 Å². The van der Waals surface area contributed by atoms with Gasteiger partial charge in [0.25, 0.3) is 0 Å². The van der Waals surface area contributed by atoms with Crippen LogP contribution in [0.25, 0.3) is 33.9 Å². The van der Waals surface area contributed by atoms with Crippen LogP contribution in [0, 0.1) is 5.82 Å². The average molecular weight is 417 g/mol. The zero-order valence-corrected chi connectivity index (χ0v) is 17.3. The second-order valence-corrected chi connectivity index (χ2v) is 7.04. The first-order valence-electron chi connectivity index (χ1n) is 10.3. The van der Waals surface area contributed by atoms with E-state index in [2.05, 4.69) is 16.9 Å². The van der Waals surface area contributed by atoms with Crippen LogP contribution in [0.4, 0.5) is 4.39 Å². The first-order chi connectivity index (χ1) is 15.2. The van der Waals surface area contributed by atoms with Crippen LogP contribution in [0.5, 0.6) is 5.75 Å². The summed E-state index contributed by atoms with van der Waals surface area (Å²) in [5.74, 6) is 1.23. The molecule has 158 valence electrons. The van der Waals surface area contributed by atoms with Crippen LogP contribution in [0.15, 0.2) is 73.1 Å². The molecule has 0 fully saturated rings. The zero-order chi connectivity index (χ0) is 21.5. The van der Waals surface area contributed by atoms with Crippen molar-refractivity contribution in [2.24, 2.45) is 0 Å². The molecule has 4 rings (SSSR count). The second-order valence-electron chi connectivity index (χ2n) is 7.04. The molecule has 0 amide bonds. The number of nitrogens with zero attached hydrogens (tertiary/aromatic N) is 2. The van der Waals surface area contributed by atoms with Gasteiger partial charge in [-0.25, -0.2) is 9.37 Å². The van der Waals surface area contributed by atoms with Crippen LogP contribution in [0.3, 0.4) is 0 Å². The summed E-state index contributed by atoms with van der Waals surface area (Å²) < 4.78 is 24.6. The summed E-state index contributed by atoms with van der Waals surface area (Å²) in [5.41, 5.74) is 4.34. The topological polar surface area (TPSA) is 60.0 Å². The van der Waals surface area contributed by atoms with Gasteiger partial charge in [-0.05, 0) is 67.1 Å². The Hall–Kier alpha value is -3.51. The number of rotatable bonds is 9. The summed E-state index contributed by atoms with van der Waals surface area (Å²) in [6, 6.07) is 18.0. The molecule has 2 aromatic carbocycles. The van der Waals surface area contributed by atoms with Gasteiger partial charge >= 0.3 is 0 Å². The van der Waals surface area contributed by atoms with Crippen LogP contribution in [-0.2, 0) is 4.74 Å². The zero-order valence-electron chi connectivity index (χ0n) is 17.3. The third-order valence-corrected chi connectivity index (χ3v) is 4.76. The maximum absolute atomic E-state index is 13.4. The van der Waals surface area contributed by atoms with E-state index in [4.69, 9.17) is 14.5 Å². The molecule has 2 aromatic heterocycles. The Balaban J connectivity index is 1.59. The standard InChI is InChI=1S/C25H24FN3O2/c1-2-15-30-16-17-31-22-9-5-20(6-10-22)25-28-23(18-3-7-21(26)8-4-18)24(29-25)19-11-13-27-14-12-19/h3-14H,2,15-17H2,1H3,(H,28,29). The van der Waals surface area contributed by atoms with Gasteiger partial charge in [-0.15, -0.1) is 0 Å². The Bertz CT molecular complexity index is 1090. The number of halogens is 1. The summed E-state index contributed by atoms with van der Waals surface area (Å²) in [7, 11) is 0. The lowest BCUT2D eigenvalue weighted by molar-refractivity contribution is 0.101. The van der Waals surface area contributed by atoms with Crippen molar-refractivity contribution in [2.45, 2.75) is 13.3 Å². The molecule has 0 saturated heterocycles. The largest absolute Gasteiger partial charge is 0.491 e. The fourth-order valence-electron chi connectivity index (χ4n) is 3.23. The van der Waals surface area contributed by atoms with Gasteiger partial charge in [0.15, 0.2) is 0 Å². The van der Waals surface area contributed by atoms with Gasteiger partial charge in [0.1, 0.15) is 24.0 Å². The highest BCUT2D eigenvalue weighted by atomic mass is 19.1.